The van der Waals surface area contributed by atoms with E-state index in [4.69, 9.17) is 9.47 Å². The molecule has 4 nitrogen and oxygen atoms in total. The van der Waals surface area contributed by atoms with Crippen LogP contribution in [0.15, 0.2) is 60.9 Å². The van der Waals surface area contributed by atoms with Gasteiger partial charge < -0.3 is 9.47 Å². The second-order valence-electron chi connectivity index (χ2n) is 7.92. The quantitative estimate of drug-likeness (QED) is 0.620. The summed E-state index contributed by atoms with van der Waals surface area (Å²) in [7, 11) is 0. The standard InChI is InChI=1S/C25H26N2O2/c1-18-14-19(6-8-22(18)21-4-2-10-26-16-21)17-27-11-3-5-23(27)20-7-9-24-25(15-20)29-13-12-28-24/h2,4,6-10,14-16,23H,3,5,11-13,17H2,1H3/t23-/m0/s1. The van der Waals surface area contributed by atoms with Gasteiger partial charge in [-0.15, -0.1) is 0 Å². The Balaban J connectivity index is 1.35. The fourth-order valence-corrected chi connectivity index (χ4v) is 4.56. The molecule has 0 aliphatic carbocycles. The van der Waals surface area contributed by atoms with E-state index in [-0.39, 0.29) is 0 Å². The predicted octanol–water partition coefficient (Wildman–Crippen LogP) is 5.17. The highest BCUT2D eigenvalue weighted by atomic mass is 16.6. The molecule has 0 N–H and O–H groups in total. The molecule has 1 atom stereocenters. The third-order valence-electron chi connectivity index (χ3n) is 5.96. The van der Waals surface area contributed by atoms with E-state index in [9.17, 15) is 0 Å². The summed E-state index contributed by atoms with van der Waals surface area (Å²) in [5.74, 6) is 1.75. The van der Waals surface area contributed by atoms with Crippen LogP contribution in [0.5, 0.6) is 11.5 Å². The van der Waals surface area contributed by atoms with Gasteiger partial charge in [0.1, 0.15) is 13.2 Å². The van der Waals surface area contributed by atoms with Gasteiger partial charge in [-0.2, -0.15) is 0 Å². The number of ether oxygens (including phenoxy) is 2. The van der Waals surface area contributed by atoms with Crippen LogP contribution in [0, 0.1) is 6.92 Å². The van der Waals surface area contributed by atoms with Gasteiger partial charge >= 0.3 is 0 Å². The topological polar surface area (TPSA) is 34.6 Å². The van der Waals surface area contributed by atoms with Gasteiger partial charge in [0.2, 0.25) is 0 Å². The molecule has 0 bridgehead atoms. The molecule has 1 aromatic heterocycles. The molecule has 0 saturated carbocycles. The largest absolute Gasteiger partial charge is 0.486 e. The summed E-state index contributed by atoms with van der Waals surface area (Å²) in [6.45, 7) is 5.55. The summed E-state index contributed by atoms with van der Waals surface area (Å²) in [5.41, 5.74) is 6.42. The Labute approximate surface area is 172 Å². The van der Waals surface area contributed by atoms with E-state index in [1.807, 2.05) is 18.5 Å². The lowest BCUT2D eigenvalue weighted by Crippen LogP contribution is -2.23. The van der Waals surface area contributed by atoms with Gasteiger partial charge in [-0.3, -0.25) is 9.88 Å². The van der Waals surface area contributed by atoms with Gasteiger partial charge in [0, 0.05) is 30.5 Å². The molecular formula is C25H26N2O2. The number of likely N-dealkylation sites (tertiary alicyclic amines) is 1. The van der Waals surface area contributed by atoms with Gasteiger partial charge in [-0.05, 0) is 66.8 Å². The fraction of sp³-hybridized carbons (Fsp3) is 0.320. The maximum absolute atomic E-state index is 5.80. The molecule has 2 aliphatic rings. The van der Waals surface area contributed by atoms with Crippen LogP contribution in [0.1, 0.15) is 35.6 Å². The predicted molar refractivity (Wildman–Crippen MR) is 114 cm³/mol. The van der Waals surface area contributed by atoms with Crippen LogP contribution in [0.2, 0.25) is 0 Å². The first-order chi connectivity index (χ1) is 14.3. The second kappa shape index (κ2) is 7.88. The van der Waals surface area contributed by atoms with Crippen molar-refractivity contribution in [1.29, 1.82) is 0 Å². The number of aromatic nitrogens is 1. The number of rotatable bonds is 4. The Hall–Kier alpha value is -2.85. The summed E-state index contributed by atoms with van der Waals surface area (Å²) in [5, 5.41) is 0. The average molecular weight is 386 g/mol. The van der Waals surface area contributed by atoms with E-state index < -0.39 is 0 Å². The molecule has 148 valence electrons. The molecule has 0 spiro atoms. The molecular weight excluding hydrogens is 360 g/mol. The second-order valence-corrected chi connectivity index (χ2v) is 7.92. The van der Waals surface area contributed by atoms with Gasteiger partial charge in [0.25, 0.3) is 0 Å². The molecule has 3 aromatic rings. The Morgan fingerprint density at radius 2 is 1.93 bits per heavy atom. The Kier molecular flexibility index (Phi) is 4.94. The molecule has 2 aromatic carbocycles. The van der Waals surface area contributed by atoms with Crippen molar-refractivity contribution in [2.24, 2.45) is 0 Å². The highest BCUT2D eigenvalue weighted by molar-refractivity contribution is 5.66. The van der Waals surface area contributed by atoms with E-state index in [2.05, 4.69) is 59.3 Å². The fourth-order valence-electron chi connectivity index (χ4n) is 4.56. The molecule has 5 rings (SSSR count). The Bertz CT molecular complexity index is 1000. The molecule has 1 saturated heterocycles. The SMILES string of the molecule is Cc1cc(CN2CCC[C@H]2c2ccc3c(c2)OCCO3)ccc1-c1cccnc1. The van der Waals surface area contributed by atoms with Crippen molar-refractivity contribution in [3.05, 3.63) is 77.6 Å². The summed E-state index contributed by atoms with van der Waals surface area (Å²) in [6.07, 6.45) is 6.16. The zero-order valence-corrected chi connectivity index (χ0v) is 16.8. The van der Waals surface area contributed by atoms with Crippen LogP contribution in [0.25, 0.3) is 11.1 Å². The van der Waals surface area contributed by atoms with E-state index in [0.29, 0.717) is 19.3 Å². The summed E-state index contributed by atoms with van der Waals surface area (Å²) in [4.78, 5) is 6.84. The minimum Gasteiger partial charge on any atom is -0.486 e. The van der Waals surface area contributed by atoms with E-state index >= 15 is 0 Å². The number of nitrogens with zero attached hydrogens (tertiary/aromatic N) is 2. The number of fused-ring (bicyclic) bond motifs is 1. The van der Waals surface area contributed by atoms with Gasteiger partial charge in [0.15, 0.2) is 11.5 Å². The number of aryl methyl sites for hydroxylation is 1. The molecule has 3 heterocycles. The van der Waals surface area contributed by atoms with Crippen molar-refractivity contribution in [3.63, 3.8) is 0 Å². The zero-order valence-electron chi connectivity index (χ0n) is 16.8. The van der Waals surface area contributed by atoms with Crippen molar-refractivity contribution in [1.82, 2.24) is 9.88 Å². The lowest BCUT2D eigenvalue weighted by Gasteiger charge is -2.27. The smallest absolute Gasteiger partial charge is 0.161 e. The molecule has 4 heteroatoms. The maximum atomic E-state index is 5.80. The normalized spacial score (nSPS) is 18.7. The Morgan fingerprint density at radius 1 is 1.03 bits per heavy atom. The number of hydrogen-bond donors (Lipinski definition) is 0. The van der Waals surface area contributed by atoms with Gasteiger partial charge in [-0.1, -0.05) is 30.3 Å². The molecule has 29 heavy (non-hydrogen) atoms. The van der Waals surface area contributed by atoms with Crippen LogP contribution < -0.4 is 9.47 Å². The first-order valence-corrected chi connectivity index (χ1v) is 10.4. The van der Waals surface area contributed by atoms with E-state index in [1.165, 1.54) is 40.7 Å². The van der Waals surface area contributed by atoms with E-state index in [1.54, 1.807) is 0 Å². The minimum absolute atomic E-state index is 0.434. The molecule has 1 fully saturated rings. The van der Waals surface area contributed by atoms with Crippen molar-refractivity contribution in [2.45, 2.75) is 32.4 Å². The molecule has 0 unspecified atom stereocenters. The van der Waals surface area contributed by atoms with Crippen molar-refractivity contribution < 1.29 is 9.47 Å². The summed E-state index contributed by atoms with van der Waals surface area (Å²) >= 11 is 0. The number of benzene rings is 2. The van der Waals surface area contributed by atoms with Gasteiger partial charge in [0.05, 0.1) is 0 Å². The zero-order chi connectivity index (χ0) is 19.6. The number of pyridine rings is 1. The highest BCUT2D eigenvalue weighted by Gasteiger charge is 2.27. The molecule has 2 aliphatic heterocycles. The van der Waals surface area contributed by atoms with Crippen molar-refractivity contribution in [3.8, 4) is 22.6 Å². The summed E-state index contributed by atoms with van der Waals surface area (Å²) in [6, 6.07) is 17.8. The Morgan fingerprint density at radius 3 is 2.76 bits per heavy atom. The van der Waals surface area contributed by atoms with Crippen LogP contribution in [0.3, 0.4) is 0 Å². The first kappa shape index (κ1) is 18.2. The first-order valence-electron chi connectivity index (χ1n) is 10.4. The third kappa shape index (κ3) is 3.73. The van der Waals surface area contributed by atoms with Crippen LogP contribution >= 0.6 is 0 Å². The lowest BCUT2D eigenvalue weighted by molar-refractivity contribution is 0.170. The van der Waals surface area contributed by atoms with Crippen molar-refractivity contribution in [2.75, 3.05) is 19.8 Å². The van der Waals surface area contributed by atoms with Crippen LogP contribution in [0.4, 0.5) is 0 Å². The van der Waals surface area contributed by atoms with Crippen LogP contribution in [-0.4, -0.2) is 29.6 Å². The molecule has 0 radical (unpaired) electrons. The lowest BCUT2D eigenvalue weighted by atomic mass is 9.99. The number of hydrogen-bond acceptors (Lipinski definition) is 4. The summed E-state index contributed by atoms with van der Waals surface area (Å²) < 4.78 is 11.5. The third-order valence-corrected chi connectivity index (χ3v) is 5.96. The monoisotopic (exact) mass is 386 g/mol. The average Bonchev–Trinajstić information content (AvgIpc) is 3.22. The highest BCUT2D eigenvalue weighted by Crippen LogP contribution is 2.38. The van der Waals surface area contributed by atoms with Crippen LogP contribution in [-0.2, 0) is 6.54 Å². The molecule has 0 amide bonds. The van der Waals surface area contributed by atoms with Gasteiger partial charge in [-0.25, -0.2) is 0 Å². The minimum atomic E-state index is 0.434. The van der Waals surface area contributed by atoms with Crippen molar-refractivity contribution >= 4 is 0 Å². The maximum Gasteiger partial charge on any atom is 0.161 e. The van der Waals surface area contributed by atoms with E-state index in [0.717, 1.165) is 24.6 Å².